The van der Waals surface area contributed by atoms with Crippen LogP contribution in [0.25, 0.3) is 10.4 Å². The standard InChI is InChI=1S/C15H8F6N4O/c16-14(17,18)8-5-9(15(19,20)21)7-10(6-8)23-13(26)11-3-1-2-4-12(11)24-25-22/h1-7H,(H,23,26). The lowest BCUT2D eigenvalue weighted by Crippen LogP contribution is -2.16. The summed E-state index contributed by atoms with van der Waals surface area (Å²) in [5.74, 6) is -1.03. The van der Waals surface area contributed by atoms with Gasteiger partial charge in [-0.25, -0.2) is 0 Å². The molecule has 1 amide bonds. The van der Waals surface area contributed by atoms with Crippen molar-refractivity contribution in [3.05, 3.63) is 69.6 Å². The Morgan fingerprint density at radius 1 is 0.962 bits per heavy atom. The van der Waals surface area contributed by atoms with Crippen LogP contribution in [-0.4, -0.2) is 5.91 Å². The van der Waals surface area contributed by atoms with Gasteiger partial charge >= 0.3 is 12.4 Å². The number of nitrogens with zero attached hydrogens (tertiary/aromatic N) is 3. The van der Waals surface area contributed by atoms with Gasteiger partial charge in [-0.1, -0.05) is 23.3 Å². The lowest BCUT2D eigenvalue weighted by Gasteiger charge is -2.15. The third-order valence-corrected chi connectivity index (χ3v) is 3.15. The Balaban J connectivity index is 2.46. The van der Waals surface area contributed by atoms with Crippen LogP contribution in [0, 0.1) is 0 Å². The molecular formula is C15H8F6N4O. The second kappa shape index (κ2) is 6.96. The van der Waals surface area contributed by atoms with E-state index in [0.717, 1.165) is 0 Å². The highest BCUT2D eigenvalue weighted by atomic mass is 19.4. The first kappa shape index (κ1) is 19.1. The number of carbonyl (C=O) groups excluding carboxylic acids is 1. The van der Waals surface area contributed by atoms with E-state index < -0.39 is 35.1 Å². The van der Waals surface area contributed by atoms with Crippen molar-refractivity contribution in [2.24, 2.45) is 5.11 Å². The summed E-state index contributed by atoms with van der Waals surface area (Å²) in [6, 6.07) is 6.00. The molecule has 0 heterocycles. The van der Waals surface area contributed by atoms with E-state index in [1.54, 1.807) is 0 Å². The number of carbonyl (C=O) groups is 1. The van der Waals surface area contributed by atoms with Gasteiger partial charge in [0.25, 0.3) is 5.91 Å². The molecule has 0 unspecified atom stereocenters. The van der Waals surface area contributed by atoms with Gasteiger partial charge in [0, 0.05) is 16.2 Å². The second-order valence-electron chi connectivity index (χ2n) is 4.96. The van der Waals surface area contributed by atoms with Gasteiger partial charge in [0.05, 0.1) is 16.8 Å². The fraction of sp³-hybridized carbons (Fsp3) is 0.133. The molecule has 2 aromatic carbocycles. The lowest BCUT2D eigenvalue weighted by molar-refractivity contribution is -0.143. The molecule has 5 nitrogen and oxygen atoms in total. The number of hydrogen-bond acceptors (Lipinski definition) is 2. The molecular weight excluding hydrogens is 366 g/mol. The Labute approximate surface area is 141 Å². The molecule has 2 rings (SSSR count). The maximum atomic E-state index is 12.8. The summed E-state index contributed by atoms with van der Waals surface area (Å²) in [5.41, 5.74) is 4.27. The molecule has 1 N–H and O–H groups in total. The largest absolute Gasteiger partial charge is 0.416 e. The van der Waals surface area contributed by atoms with Crippen LogP contribution in [0.4, 0.5) is 37.7 Å². The SMILES string of the molecule is [N-]=[N+]=Nc1ccccc1C(=O)Nc1cc(C(F)(F)F)cc(C(F)(F)F)c1. The molecule has 0 radical (unpaired) electrons. The summed E-state index contributed by atoms with van der Waals surface area (Å²) in [7, 11) is 0. The topological polar surface area (TPSA) is 77.9 Å². The van der Waals surface area contributed by atoms with Gasteiger partial charge in [-0.2, -0.15) is 26.3 Å². The summed E-state index contributed by atoms with van der Waals surface area (Å²) in [6.45, 7) is 0. The van der Waals surface area contributed by atoms with Crippen LogP contribution in [0.2, 0.25) is 0 Å². The average Bonchev–Trinajstić information content (AvgIpc) is 2.53. The number of halogens is 6. The van der Waals surface area contributed by atoms with Crippen molar-refractivity contribution in [3.8, 4) is 0 Å². The van der Waals surface area contributed by atoms with Gasteiger partial charge < -0.3 is 5.32 Å². The van der Waals surface area contributed by atoms with Gasteiger partial charge in [-0.05, 0) is 29.8 Å². The van der Waals surface area contributed by atoms with Crippen LogP contribution in [0.5, 0.6) is 0 Å². The van der Waals surface area contributed by atoms with Crippen LogP contribution in [0.1, 0.15) is 21.5 Å². The first-order chi connectivity index (χ1) is 12.0. The smallest absolute Gasteiger partial charge is 0.322 e. The zero-order valence-electron chi connectivity index (χ0n) is 12.6. The molecule has 0 atom stereocenters. The fourth-order valence-corrected chi connectivity index (χ4v) is 2.03. The third-order valence-electron chi connectivity index (χ3n) is 3.15. The molecule has 0 saturated heterocycles. The quantitative estimate of drug-likeness (QED) is 0.308. The van der Waals surface area contributed by atoms with Gasteiger partial charge in [-0.15, -0.1) is 0 Å². The van der Waals surface area contributed by atoms with Crippen molar-refractivity contribution in [2.45, 2.75) is 12.4 Å². The van der Waals surface area contributed by atoms with E-state index in [9.17, 15) is 31.1 Å². The summed E-state index contributed by atoms with van der Waals surface area (Å²) in [6.07, 6.45) is -10.1. The molecule has 0 bridgehead atoms. The number of nitrogens with one attached hydrogen (secondary N) is 1. The average molecular weight is 374 g/mol. The predicted octanol–water partition coefficient (Wildman–Crippen LogP) is 5.92. The summed E-state index contributed by atoms with van der Waals surface area (Å²) in [5, 5.41) is 5.20. The molecule has 0 aliphatic carbocycles. The zero-order valence-corrected chi connectivity index (χ0v) is 12.6. The Hall–Kier alpha value is -3.20. The van der Waals surface area contributed by atoms with Crippen molar-refractivity contribution >= 4 is 17.3 Å². The highest BCUT2D eigenvalue weighted by Crippen LogP contribution is 2.37. The van der Waals surface area contributed by atoms with Gasteiger partial charge in [0.1, 0.15) is 0 Å². The number of amides is 1. The van der Waals surface area contributed by atoms with E-state index in [1.807, 2.05) is 5.32 Å². The predicted molar refractivity (Wildman–Crippen MR) is 79.6 cm³/mol. The zero-order chi connectivity index (χ0) is 19.5. The Morgan fingerprint density at radius 3 is 2.00 bits per heavy atom. The fourth-order valence-electron chi connectivity index (χ4n) is 2.03. The molecule has 11 heteroatoms. The maximum Gasteiger partial charge on any atom is 0.416 e. The van der Waals surface area contributed by atoms with Crippen molar-refractivity contribution in [1.29, 1.82) is 0 Å². The van der Waals surface area contributed by atoms with Gasteiger partial charge in [-0.3, -0.25) is 4.79 Å². The molecule has 0 aliphatic heterocycles. The normalized spacial score (nSPS) is 11.6. The van der Waals surface area contributed by atoms with Gasteiger partial charge in [0.15, 0.2) is 0 Å². The number of anilines is 1. The summed E-state index contributed by atoms with van der Waals surface area (Å²) in [4.78, 5) is 14.7. The third kappa shape index (κ3) is 4.45. The maximum absolute atomic E-state index is 12.8. The van der Waals surface area contributed by atoms with E-state index in [0.29, 0.717) is 12.1 Å². The highest BCUT2D eigenvalue weighted by molar-refractivity contribution is 6.07. The van der Waals surface area contributed by atoms with E-state index in [2.05, 4.69) is 10.0 Å². The molecule has 136 valence electrons. The van der Waals surface area contributed by atoms with Crippen molar-refractivity contribution < 1.29 is 31.1 Å². The van der Waals surface area contributed by atoms with E-state index >= 15 is 0 Å². The van der Waals surface area contributed by atoms with Crippen LogP contribution >= 0.6 is 0 Å². The Bertz CT molecular complexity index is 852. The highest BCUT2D eigenvalue weighted by Gasteiger charge is 2.37. The minimum absolute atomic E-state index is 0.0520. The lowest BCUT2D eigenvalue weighted by atomic mass is 10.1. The molecule has 26 heavy (non-hydrogen) atoms. The van der Waals surface area contributed by atoms with Crippen LogP contribution in [-0.2, 0) is 12.4 Å². The minimum atomic E-state index is -5.04. The first-order valence-corrected chi connectivity index (χ1v) is 6.77. The molecule has 0 aliphatic rings. The van der Waals surface area contributed by atoms with Crippen molar-refractivity contribution in [1.82, 2.24) is 0 Å². The van der Waals surface area contributed by atoms with Crippen molar-refractivity contribution in [3.63, 3.8) is 0 Å². The van der Waals surface area contributed by atoms with Gasteiger partial charge in [0.2, 0.25) is 0 Å². The van der Waals surface area contributed by atoms with Crippen molar-refractivity contribution in [2.75, 3.05) is 5.32 Å². The molecule has 0 fully saturated rings. The minimum Gasteiger partial charge on any atom is -0.322 e. The Kier molecular flexibility index (Phi) is 5.12. The second-order valence-corrected chi connectivity index (χ2v) is 4.96. The number of alkyl halides is 6. The monoisotopic (exact) mass is 374 g/mol. The number of rotatable bonds is 3. The number of azide groups is 1. The first-order valence-electron chi connectivity index (χ1n) is 6.77. The van der Waals surface area contributed by atoms with E-state index in [-0.39, 0.29) is 17.3 Å². The number of hydrogen-bond donors (Lipinski definition) is 1. The molecule has 2 aromatic rings. The van der Waals surface area contributed by atoms with Crippen LogP contribution in [0.3, 0.4) is 0 Å². The molecule has 0 aromatic heterocycles. The molecule has 0 spiro atoms. The summed E-state index contributed by atoms with van der Waals surface area (Å²) < 4.78 is 77.0. The number of benzene rings is 2. The van der Waals surface area contributed by atoms with E-state index in [1.165, 1.54) is 24.3 Å². The molecule has 0 saturated carbocycles. The van der Waals surface area contributed by atoms with Crippen LogP contribution < -0.4 is 5.32 Å². The summed E-state index contributed by atoms with van der Waals surface area (Å²) >= 11 is 0. The van der Waals surface area contributed by atoms with E-state index in [4.69, 9.17) is 5.53 Å². The van der Waals surface area contributed by atoms with Crippen LogP contribution in [0.15, 0.2) is 47.6 Å². The Morgan fingerprint density at radius 2 is 1.50 bits per heavy atom.